The lowest BCUT2D eigenvalue weighted by atomic mass is 10.2. The number of nitro benzene ring substituents is 1. The number of para-hydroxylation sites is 1. The first kappa shape index (κ1) is 15.2. The van der Waals surface area contributed by atoms with Crippen LogP contribution >= 0.6 is 0 Å². The van der Waals surface area contributed by atoms with E-state index in [0.717, 1.165) is 19.4 Å². The molecular weight excluding hydrogens is 246 g/mol. The summed E-state index contributed by atoms with van der Waals surface area (Å²) in [4.78, 5) is 12.7. The third-order valence-corrected chi connectivity index (χ3v) is 2.72. The van der Waals surface area contributed by atoms with Crippen LogP contribution in [0, 0.1) is 10.1 Å². The van der Waals surface area contributed by atoms with Crippen LogP contribution in [0.3, 0.4) is 0 Å². The van der Waals surface area contributed by atoms with Gasteiger partial charge in [-0.25, -0.2) is 0 Å². The van der Waals surface area contributed by atoms with E-state index in [1.165, 1.54) is 0 Å². The van der Waals surface area contributed by atoms with Gasteiger partial charge in [0.15, 0.2) is 0 Å². The minimum atomic E-state index is -0.433. The van der Waals surface area contributed by atoms with Crippen molar-refractivity contribution in [2.24, 2.45) is 5.84 Å². The van der Waals surface area contributed by atoms with E-state index in [9.17, 15) is 10.1 Å². The monoisotopic (exact) mass is 267 g/mol. The molecule has 0 aliphatic carbocycles. The Hall–Kier alpha value is -1.86. The highest BCUT2D eigenvalue weighted by Gasteiger charge is 2.18. The Kier molecular flexibility index (Phi) is 6.04. The lowest BCUT2D eigenvalue weighted by Gasteiger charge is -2.11. The fourth-order valence-electron chi connectivity index (χ4n) is 1.78. The minimum absolute atomic E-state index is 0.0161. The van der Waals surface area contributed by atoms with Crippen LogP contribution in [0.15, 0.2) is 18.2 Å². The number of benzene rings is 1. The maximum atomic E-state index is 11.0. The largest absolute Gasteiger partial charge is 0.379 e. The summed E-state index contributed by atoms with van der Waals surface area (Å²) in [5.41, 5.74) is 3.13. The topological polar surface area (TPSA) is 96.5 Å². The first-order valence-corrected chi connectivity index (χ1v) is 6.19. The molecule has 0 heterocycles. The van der Waals surface area contributed by atoms with Gasteiger partial charge in [-0.05, 0) is 45.6 Å². The molecule has 0 aliphatic heterocycles. The van der Waals surface area contributed by atoms with Crippen molar-refractivity contribution in [2.45, 2.75) is 12.8 Å². The molecule has 0 unspecified atom stereocenters. The molecule has 0 atom stereocenters. The third-order valence-electron chi connectivity index (χ3n) is 2.72. The summed E-state index contributed by atoms with van der Waals surface area (Å²) in [7, 11) is 4.04. The lowest BCUT2D eigenvalue weighted by molar-refractivity contribution is -0.383. The van der Waals surface area contributed by atoms with Gasteiger partial charge in [-0.1, -0.05) is 6.07 Å². The number of hydrogen-bond donors (Lipinski definition) is 3. The first-order valence-electron chi connectivity index (χ1n) is 6.19. The molecule has 0 amide bonds. The number of nitrogens with one attached hydrogen (secondary N) is 2. The van der Waals surface area contributed by atoms with Gasteiger partial charge in [-0.3, -0.25) is 16.0 Å². The summed E-state index contributed by atoms with van der Waals surface area (Å²) in [6.07, 6.45) is 2.00. The van der Waals surface area contributed by atoms with Gasteiger partial charge < -0.3 is 15.6 Å². The fraction of sp³-hybridized carbons (Fsp3) is 0.500. The number of anilines is 2. The molecule has 1 aromatic rings. The van der Waals surface area contributed by atoms with Gasteiger partial charge in [0.25, 0.3) is 0 Å². The predicted molar refractivity (Wildman–Crippen MR) is 77.2 cm³/mol. The number of nitrogen functional groups attached to an aromatic ring is 1. The number of nitro groups is 1. The summed E-state index contributed by atoms with van der Waals surface area (Å²) in [5, 5.41) is 14.1. The molecule has 0 radical (unpaired) electrons. The molecule has 4 N–H and O–H groups in total. The molecule has 0 saturated heterocycles. The van der Waals surface area contributed by atoms with Crippen LogP contribution in [-0.2, 0) is 0 Å². The Morgan fingerprint density at radius 2 is 2.00 bits per heavy atom. The average molecular weight is 267 g/mol. The number of hydrogen-bond acceptors (Lipinski definition) is 6. The summed E-state index contributed by atoms with van der Waals surface area (Å²) in [6, 6.07) is 4.99. The van der Waals surface area contributed by atoms with Crippen LogP contribution in [0.25, 0.3) is 0 Å². The van der Waals surface area contributed by atoms with E-state index in [4.69, 9.17) is 5.84 Å². The quantitative estimate of drug-likeness (QED) is 0.287. The van der Waals surface area contributed by atoms with Gasteiger partial charge in [0.1, 0.15) is 11.4 Å². The molecule has 7 nitrogen and oxygen atoms in total. The van der Waals surface area contributed by atoms with E-state index in [0.29, 0.717) is 17.9 Å². The van der Waals surface area contributed by atoms with E-state index in [1.807, 2.05) is 14.1 Å². The highest BCUT2D eigenvalue weighted by Crippen LogP contribution is 2.31. The van der Waals surface area contributed by atoms with E-state index in [1.54, 1.807) is 18.2 Å². The Morgan fingerprint density at radius 3 is 2.58 bits per heavy atom. The maximum Gasteiger partial charge on any atom is 0.316 e. The molecule has 0 spiro atoms. The number of unbranched alkanes of at least 4 members (excludes halogenated alkanes) is 1. The molecule has 1 rings (SSSR count). The maximum absolute atomic E-state index is 11.0. The zero-order valence-corrected chi connectivity index (χ0v) is 11.3. The summed E-state index contributed by atoms with van der Waals surface area (Å²) >= 11 is 0. The van der Waals surface area contributed by atoms with Gasteiger partial charge in [0.2, 0.25) is 0 Å². The van der Waals surface area contributed by atoms with Gasteiger partial charge in [0, 0.05) is 6.54 Å². The van der Waals surface area contributed by atoms with Crippen molar-refractivity contribution in [3.63, 3.8) is 0 Å². The van der Waals surface area contributed by atoms with Crippen molar-refractivity contribution >= 4 is 17.1 Å². The normalized spacial score (nSPS) is 10.5. The van der Waals surface area contributed by atoms with Crippen LogP contribution in [0.2, 0.25) is 0 Å². The minimum Gasteiger partial charge on any atom is -0.379 e. The molecule has 0 aromatic heterocycles. The Morgan fingerprint density at radius 1 is 1.32 bits per heavy atom. The summed E-state index contributed by atoms with van der Waals surface area (Å²) in [6.45, 7) is 1.71. The standard InChI is InChI=1S/C12H21N5O2/c1-16(2)9-4-3-8-14-10-6-5-7-11(15-13)12(10)17(18)19/h5-7,14-15H,3-4,8-9,13H2,1-2H3. The van der Waals surface area contributed by atoms with Gasteiger partial charge in [-0.15, -0.1) is 0 Å². The van der Waals surface area contributed by atoms with Crippen LogP contribution in [0.4, 0.5) is 17.1 Å². The van der Waals surface area contributed by atoms with Crippen molar-refractivity contribution in [3.05, 3.63) is 28.3 Å². The molecule has 7 heteroatoms. The second kappa shape index (κ2) is 7.55. The summed E-state index contributed by atoms with van der Waals surface area (Å²) < 4.78 is 0. The molecule has 0 fully saturated rings. The third kappa shape index (κ3) is 4.72. The molecular formula is C12H21N5O2. The molecule has 1 aromatic carbocycles. The SMILES string of the molecule is CN(C)CCCCNc1cccc(NN)c1[N+](=O)[O-]. The van der Waals surface area contributed by atoms with Gasteiger partial charge >= 0.3 is 5.69 Å². The van der Waals surface area contributed by atoms with Crippen molar-refractivity contribution in [1.29, 1.82) is 0 Å². The number of rotatable bonds is 8. The molecule has 0 saturated carbocycles. The fourth-order valence-corrected chi connectivity index (χ4v) is 1.78. The molecule has 19 heavy (non-hydrogen) atoms. The van der Waals surface area contributed by atoms with Crippen LogP contribution < -0.4 is 16.6 Å². The van der Waals surface area contributed by atoms with Crippen LogP contribution in [0.1, 0.15) is 12.8 Å². The smallest absolute Gasteiger partial charge is 0.316 e. The van der Waals surface area contributed by atoms with E-state index in [-0.39, 0.29) is 5.69 Å². The van der Waals surface area contributed by atoms with Crippen LogP contribution in [0.5, 0.6) is 0 Å². The predicted octanol–water partition coefficient (Wildman–Crippen LogP) is 1.63. The summed E-state index contributed by atoms with van der Waals surface area (Å²) in [5.74, 6) is 5.28. The van der Waals surface area contributed by atoms with E-state index < -0.39 is 4.92 Å². The van der Waals surface area contributed by atoms with Crippen molar-refractivity contribution in [3.8, 4) is 0 Å². The zero-order valence-electron chi connectivity index (χ0n) is 11.3. The Balaban J connectivity index is 2.60. The van der Waals surface area contributed by atoms with Gasteiger partial charge in [-0.2, -0.15) is 0 Å². The van der Waals surface area contributed by atoms with Crippen LogP contribution in [-0.4, -0.2) is 37.0 Å². The molecule has 106 valence electrons. The highest BCUT2D eigenvalue weighted by atomic mass is 16.6. The Labute approximate surface area is 112 Å². The van der Waals surface area contributed by atoms with Crippen molar-refractivity contribution < 1.29 is 4.92 Å². The molecule has 0 aliphatic rings. The first-order chi connectivity index (χ1) is 9.06. The van der Waals surface area contributed by atoms with Crippen molar-refractivity contribution in [1.82, 2.24) is 4.90 Å². The lowest BCUT2D eigenvalue weighted by Crippen LogP contribution is -2.14. The van der Waals surface area contributed by atoms with E-state index in [2.05, 4.69) is 15.6 Å². The second-order valence-corrected chi connectivity index (χ2v) is 4.54. The zero-order chi connectivity index (χ0) is 14.3. The average Bonchev–Trinajstić information content (AvgIpc) is 2.37. The Bertz CT molecular complexity index is 423. The number of nitrogens with two attached hydrogens (primary N) is 1. The molecule has 0 bridgehead atoms. The number of hydrazine groups is 1. The second-order valence-electron chi connectivity index (χ2n) is 4.54. The van der Waals surface area contributed by atoms with E-state index >= 15 is 0 Å². The number of nitrogens with zero attached hydrogens (tertiary/aromatic N) is 2. The van der Waals surface area contributed by atoms with Crippen molar-refractivity contribution in [2.75, 3.05) is 37.9 Å². The highest BCUT2D eigenvalue weighted by molar-refractivity contribution is 5.75. The van der Waals surface area contributed by atoms with Gasteiger partial charge in [0.05, 0.1) is 4.92 Å².